The highest BCUT2D eigenvalue weighted by Crippen LogP contribution is 2.23. The molecular formula is C24H28N4O5S. The molecule has 1 atom stereocenters. The fourth-order valence-electron chi connectivity index (χ4n) is 4.22. The Bertz CT molecular complexity index is 1160. The maximum atomic E-state index is 13.0. The van der Waals surface area contributed by atoms with Gasteiger partial charge in [0.05, 0.1) is 4.90 Å². The largest absolute Gasteiger partial charge is 0.325 e. The Labute approximate surface area is 199 Å². The molecule has 0 saturated carbocycles. The van der Waals surface area contributed by atoms with Crippen LogP contribution in [0, 0.1) is 0 Å². The van der Waals surface area contributed by atoms with E-state index in [4.69, 9.17) is 0 Å². The summed E-state index contributed by atoms with van der Waals surface area (Å²) < 4.78 is 27.6. The molecule has 4 amide bonds. The van der Waals surface area contributed by atoms with Crippen molar-refractivity contribution in [1.29, 1.82) is 0 Å². The predicted octanol–water partition coefficient (Wildman–Crippen LogP) is 2.35. The molecule has 2 heterocycles. The second kappa shape index (κ2) is 10.4. The summed E-state index contributed by atoms with van der Waals surface area (Å²) in [6.07, 6.45) is 4.01. The molecule has 34 heavy (non-hydrogen) atoms. The van der Waals surface area contributed by atoms with E-state index >= 15 is 0 Å². The summed E-state index contributed by atoms with van der Waals surface area (Å²) >= 11 is 0. The highest BCUT2D eigenvalue weighted by molar-refractivity contribution is 7.89. The van der Waals surface area contributed by atoms with Crippen LogP contribution < -0.4 is 10.6 Å². The number of sulfonamides is 1. The zero-order valence-corrected chi connectivity index (χ0v) is 19.6. The number of urea groups is 1. The van der Waals surface area contributed by atoms with Crippen LogP contribution in [0.15, 0.2) is 59.5 Å². The molecule has 0 aromatic heterocycles. The van der Waals surface area contributed by atoms with Crippen LogP contribution in [-0.4, -0.2) is 61.1 Å². The average Bonchev–Trinajstić information content (AvgIpc) is 3.02. The van der Waals surface area contributed by atoms with Gasteiger partial charge in [-0.3, -0.25) is 14.5 Å². The van der Waals surface area contributed by atoms with Gasteiger partial charge in [-0.1, -0.05) is 49.2 Å². The fourth-order valence-corrected chi connectivity index (χ4v) is 5.79. The number of anilines is 1. The highest BCUT2D eigenvalue weighted by atomic mass is 32.2. The SMILES string of the molecule is O=C(CN1C(=O)NC(Cc2ccccc2)C1=O)Nc1cccc(S(=O)(=O)N2CCCCCC2)c1. The number of amides is 4. The molecule has 2 aliphatic heterocycles. The molecule has 9 nitrogen and oxygen atoms in total. The van der Waals surface area contributed by atoms with Crippen LogP contribution in [0.4, 0.5) is 10.5 Å². The minimum Gasteiger partial charge on any atom is -0.325 e. The lowest BCUT2D eigenvalue weighted by molar-refractivity contribution is -0.130. The predicted molar refractivity (Wildman–Crippen MR) is 126 cm³/mol. The third-order valence-corrected chi connectivity index (χ3v) is 7.91. The van der Waals surface area contributed by atoms with E-state index in [1.807, 2.05) is 30.3 Å². The molecule has 180 valence electrons. The Hall–Kier alpha value is -3.24. The molecule has 2 aliphatic rings. The smallest absolute Gasteiger partial charge is 0.325 e. The Morgan fingerprint density at radius 1 is 0.971 bits per heavy atom. The van der Waals surface area contributed by atoms with E-state index in [9.17, 15) is 22.8 Å². The normalized spacial score (nSPS) is 19.5. The molecule has 0 radical (unpaired) electrons. The van der Waals surface area contributed by atoms with Crippen molar-refractivity contribution in [2.24, 2.45) is 0 Å². The van der Waals surface area contributed by atoms with Crippen LogP contribution in [-0.2, 0) is 26.0 Å². The summed E-state index contributed by atoms with van der Waals surface area (Å²) in [5.74, 6) is -1.06. The van der Waals surface area contributed by atoms with E-state index in [1.54, 1.807) is 12.1 Å². The maximum Gasteiger partial charge on any atom is 0.325 e. The molecule has 10 heteroatoms. The Morgan fingerprint density at radius 2 is 1.68 bits per heavy atom. The molecule has 2 fully saturated rings. The number of nitrogens with zero attached hydrogens (tertiary/aromatic N) is 2. The number of benzene rings is 2. The number of nitrogens with one attached hydrogen (secondary N) is 2. The fraction of sp³-hybridized carbons (Fsp3) is 0.375. The Balaban J connectivity index is 1.39. The van der Waals surface area contributed by atoms with Crippen molar-refractivity contribution in [1.82, 2.24) is 14.5 Å². The van der Waals surface area contributed by atoms with Gasteiger partial charge in [0.15, 0.2) is 0 Å². The van der Waals surface area contributed by atoms with Crippen molar-refractivity contribution in [3.8, 4) is 0 Å². The minimum atomic E-state index is -3.67. The number of rotatable bonds is 7. The van der Waals surface area contributed by atoms with Gasteiger partial charge in [0.25, 0.3) is 5.91 Å². The van der Waals surface area contributed by atoms with Crippen LogP contribution in [0.1, 0.15) is 31.2 Å². The Morgan fingerprint density at radius 3 is 2.38 bits per heavy atom. The van der Waals surface area contributed by atoms with Gasteiger partial charge in [-0.15, -0.1) is 0 Å². The molecule has 0 bridgehead atoms. The minimum absolute atomic E-state index is 0.102. The summed E-state index contributed by atoms with van der Waals surface area (Å²) in [5, 5.41) is 5.22. The molecule has 2 aromatic carbocycles. The van der Waals surface area contributed by atoms with Gasteiger partial charge in [0, 0.05) is 25.2 Å². The van der Waals surface area contributed by atoms with Crippen molar-refractivity contribution in [2.45, 2.75) is 43.0 Å². The zero-order chi connectivity index (χ0) is 24.1. The summed E-state index contributed by atoms with van der Waals surface area (Å²) in [4.78, 5) is 38.5. The van der Waals surface area contributed by atoms with Crippen molar-refractivity contribution >= 4 is 33.6 Å². The van der Waals surface area contributed by atoms with E-state index in [0.717, 1.165) is 36.1 Å². The van der Waals surface area contributed by atoms with Crippen molar-refractivity contribution in [3.63, 3.8) is 0 Å². The van der Waals surface area contributed by atoms with E-state index < -0.39 is 40.5 Å². The van der Waals surface area contributed by atoms with Gasteiger partial charge in [0.2, 0.25) is 15.9 Å². The summed E-state index contributed by atoms with van der Waals surface area (Å²) in [6.45, 7) is 0.504. The van der Waals surface area contributed by atoms with E-state index in [-0.39, 0.29) is 10.6 Å². The van der Waals surface area contributed by atoms with E-state index in [2.05, 4.69) is 10.6 Å². The first-order valence-electron chi connectivity index (χ1n) is 11.4. The maximum absolute atomic E-state index is 13.0. The third-order valence-electron chi connectivity index (χ3n) is 6.01. The topological polar surface area (TPSA) is 116 Å². The molecule has 2 saturated heterocycles. The first kappa shape index (κ1) is 23.9. The lowest BCUT2D eigenvalue weighted by Gasteiger charge is -2.20. The van der Waals surface area contributed by atoms with Crippen LogP contribution in [0.25, 0.3) is 0 Å². The van der Waals surface area contributed by atoms with Crippen LogP contribution >= 0.6 is 0 Å². The second-order valence-corrected chi connectivity index (χ2v) is 10.4. The van der Waals surface area contributed by atoms with Gasteiger partial charge in [-0.2, -0.15) is 4.31 Å². The first-order chi connectivity index (χ1) is 16.3. The van der Waals surface area contributed by atoms with E-state index in [1.165, 1.54) is 16.4 Å². The third kappa shape index (κ3) is 5.45. The van der Waals surface area contributed by atoms with Crippen molar-refractivity contribution in [3.05, 3.63) is 60.2 Å². The van der Waals surface area contributed by atoms with Gasteiger partial charge < -0.3 is 10.6 Å². The average molecular weight is 485 g/mol. The Kier molecular flexibility index (Phi) is 7.28. The number of hydrogen-bond acceptors (Lipinski definition) is 5. The van der Waals surface area contributed by atoms with Gasteiger partial charge >= 0.3 is 6.03 Å². The van der Waals surface area contributed by atoms with Crippen molar-refractivity contribution < 1.29 is 22.8 Å². The number of carbonyl (C=O) groups is 3. The molecule has 2 N–H and O–H groups in total. The van der Waals surface area contributed by atoms with Gasteiger partial charge in [-0.05, 0) is 36.6 Å². The lowest BCUT2D eigenvalue weighted by Crippen LogP contribution is -2.38. The monoisotopic (exact) mass is 484 g/mol. The number of hydrogen-bond donors (Lipinski definition) is 2. The molecule has 0 aliphatic carbocycles. The molecule has 0 spiro atoms. The molecular weight excluding hydrogens is 456 g/mol. The zero-order valence-electron chi connectivity index (χ0n) is 18.8. The summed E-state index contributed by atoms with van der Waals surface area (Å²) in [6, 6.07) is 14.0. The quantitative estimate of drug-likeness (QED) is 0.586. The van der Waals surface area contributed by atoms with Crippen LogP contribution in [0.3, 0.4) is 0 Å². The molecule has 1 unspecified atom stereocenters. The van der Waals surface area contributed by atoms with Crippen LogP contribution in [0.5, 0.6) is 0 Å². The summed E-state index contributed by atoms with van der Waals surface area (Å²) in [7, 11) is -3.67. The molecule has 4 rings (SSSR count). The molecule has 2 aromatic rings. The van der Waals surface area contributed by atoms with Crippen molar-refractivity contribution in [2.75, 3.05) is 25.0 Å². The standard InChI is InChI=1S/C24H28N4O5S/c29-22(17-28-23(30)21(26-24(28)31)15-18-9-4-3-5-10-18)25-19-11-8-12-20(16-19)34(32,33)27-13-6-1-2-7-14-27/h3-5,8-12,16,21H,1-2,6-7,13-15,17H2,(H,25,29)(H,26,31). The van der Waals surface area contributed by atoms with Crippen LogP contribution in [0.2, 0.25) is 0 Å². The number of imide groups is 1. The lowest BCUT2D eigenvalue weighted by atomic mass is 10.1. The van der Waals surface area contributed by atoms with E-state index in [0.29, 0.717) is 19.5 Å². The van der Waals surface area contributed by atoms with Gasteiger partial charge in [-0.25, -0.2) is 13.2 Å². The first-order valence-corrected chi connectivity index (χ1v) is 12.8. The highest BCUT2D eigenvalue weighted by Gasteiger charge is 2.38. The number of carbonyl (C=O) groups excluding carboxylic acids is 3. The van der Waals surface area contributed by atoms with Gasteiger partial charge in [0.1, 0.15) is 12.6 Å². The second-order valence-electron chi connectivity index (χ2n) is 8.51. The summed E-state index contributed by atoms with van der Waals surface area (Å²) in [5.41, 5.74) is 1.18.